The lowest BCUT2D eigenvalue weighted by Crippen LogP contribution is -2.15. The Morgan fingerprint density at radius 2 is 2.22 bits per heavy atom. The highest BCUT2D eigenvalue weighted by Crippen LogP contribution is 2.23. The largest absolute Gasteiger partial charge is 0.425 e. The highest BCUT2D eigenvalue weighted by atomic mass is 35.5. The SMILES string of the molecule is FC(F)(Cl)n1cccn1. The lowest BCUT2D eigenvalue weighted by molar-refractivity contribution is 0.00122. The molecule has 0 spiro atoms. The smallest absolute Gasteiger partial charge is 0.195 e. The second kappa shape index (κ2) is 1.95. The van der Waals surface area contributed by atoms with Crippen molar-refractivity contribution in [3.63, 3.8) is 0 Å². The van der Waals surface area contributed by atoms with Crippen molar-refractivity contribution in [2.45, 2.75) is 5.51 Å². The minimum Gasteiger partial charge on any atom is -0.195 e. The van der Waals surface area contributed by atoms with E-state index in [0.29, 0.717) is 4.68 Å². The Kier molecular flexibility index (Phi) is 1.40. The van der Waals surface area contributed by atoms with E-state index in [1.54, 1.807) is 0 Å². The van der Waals surface area contributed by atoms with E-state index in [0.717, 1.165) is 6.20 Å². The fourth-order valence-corrected chi connectivity index (χ4v) is 0.519. The van der Waals surface area contributed by atoms with Gasteiger partial charge in [-0.05, 0) is 17.7 Å². The summed E-state index contributed by atoms with van der Waals surface area (Å²) in [7, 11) is 0. The minimum atomic E-state index is -3.40. The topological polar surface area (TPSA) is 17.8 Å². The van der Waals surface area contributed by atoms with Crippen molar-refractivity contribution in [3.05, 3.63) is 18.5 Å². The van der Waals surface area contributed by atoms with E-state index >= 15 is 0 Å². The summed E-state index contributed by atoms with van der Waals surface area (Å²) in [5.41, 5.74) is -3.40. The Morgan fingerprint density at radius 3 is 2.44 bits per heavy atom. The van der Waals surface area contributed by atoms with E-state index in [2.05, 4.69) is 16.7 Å². The molecule has 0 saturated carbocycles. The van der Waals surface area contributed by atoms with Gasteiger partial charge in [0.1, 0.15) is 0 Å². The van der Waals surface area contributed by atoms with Crippen molar-refractivity contribution in [1.29, 1.82) is 0 Å². The Labute approximate surface area is 55.0 Å². The molecule has 0 amide bonds. The first-order chi connectivity index (χ1) is 4.11. The van der Waals surface area contributed by atoms with Crippen molar-refractivity contribution in [2.24, 2.45) is 0 Å². The van der Waals surface area contributed by atoms with Gasteiger partial charge in [0.25, 0.3) is 0 Å². The molecule has 0 aliphatic rings. The molecule has 1 aromatic heterocycles. The third-order valence-electron chi connectivity index (χ3n) is 0.764. The number of alkyl halides is 3. The van der Waals surface area contributed by atoms with Crippen LogP contribution in [0.25, 0.3) is 0 Å². The summed E-state index contributed by atoms with van der Waals surface area (Å²) in [4.78, 5) is 0. The maximum Gasteiger partial charge on any atom is 0.425 e. The Balaban J connectivity index is 2.90. The molecule has 0 fully saturated rings. The van der Waals surface area contributed by atoms with Crippen LogP contribution in [0.4, 0.5) is 8.78 Å². The highest BCUT2D eigenvalue weighted by molar-refractivity contribution is 6.19. The molecule has 0 atom stereocenters. The molecule has 5 heteroatoms. The zero-order chi connectivity index (χ0) is 6.91. The van der Waals surface area contributed by atoms with Gasteiger partial charge >= 0.3 is 5.51 Å². The second-order valence-corrected chi connectivity index (χ2v) is 1.87. The van der Waals surface area contributed by atoms with Crippen LogP contribution in [0.15, 0.2) is 18.5 Å². The van der Waals surface area contributed by atoms with Crippen molar-refractivity contribution < 1.29 is 8.78 Å². The minimum absolute atomic E-state index is 0.370. The average molecular weight is 153 g/mol. The summed E-state index contributed by atoms with van der Waals surface area (Å²) in [6.45, 7) is 0. The first kappa shape index (κ1) is 6.48. The maximum atomic E-state index is 12.0. The molecule has 1 rings (SSSR count). The molecule has 1 aromatic rings. The van der Waals surface area contributed by atoms with E-state index in [9.17, 15) is 8.78 Å². The molecule has 9 heavy (non-hydrogen) atoms. The highest BCUT2D eigenvalue weighted by Gasteiger charge is 2.27. The van der Waals surface area contributed by atoms with Crippen molar-refractivity contribution in [1.82, 2.24) is 9.78 Å². The van der Waals surface area contributed by atoms with Gasteiger partial charge in [-0.25, -0.2) is 0 Å². The summed E-state index contributed by atoms with van der Waals surface area (Å²) >= 11 is 4.57. The van der Waals surface area contributed by atoms with E-state index in [1.807, 2.05) is 0 Å². The molecule has 1 heterocycles. The van der Waals surface area contributed by atoms with Gasteiger partial charge in [0.05, 0.1) is 0 Å². The monoisotopic (exact) mass is 152 g/mol. The first-order valence-corrected chi connectivity index (χ1v) is 2.55. The Hall–Kier alpha value is -0.640. The van der Waals surface area contributed by atoms with Crippen LogP contribution in [0, 0.1) is 0 Å². The van der Waals surface area contributed by atoms with Crippen LogP contribution in [0.3, 0.4) is 0 Å². The van der Waals surface area contributed by atoms with Gasteiger partial charge in [0, 0.05) is 12.4 Å². The van der Waals surface area contributed by atoms with Crippen LogP contribution in [0.2, 0.25) is 0 Å². The zero-order valence-electron chi connectivity index (χ0n) is 4.26. The summed E-state index contributed by atoms with van der Waals surface area (Å²) in [5.74, 6) is 0. The standard InChI is InChI=1S/C4H3ClF2N2/c5-4(6,7)9-3-1-2-8-9/h1-3H. The van der Waals surface area contributed by atoms with Crippen molar-refractivity contribution >= 4 is 11.6 Å². The van der Waals surface area contributed by atoms with E-state index < -0.39 is 5.51 Å². The molecule has 2 nitrogen and oxygen atoms in total. The van der Waals surface area contributed by atoms with Gasteiger partial charge in [-0.2, -0.15) is 18.6 Å². The fourth-order valence-electron chi connectivity index (χ4n) is 0.419. The molecule has 0 unspecified atom stereocenters. The molecule has 0 bridgehead atoms. The fraction of sp³-hybridized carbons (Fsp3) is 0.250. The number of hydrogen-bond acceptors (Lipinski definition) is 1. The van der Waals surface area contributed by atoms with E-state index in [1.165, 1.54) is 12.3 Å². The number of halogens is 3. The van der Waals surface area contributed by atoms with Crippen molar-refractivity contribution in [2.75, 3.05) is 0 Å². The molecule has 0 saturated heterocycles. The van der Waals surface area contributed by atoms with Gasteiger partial charge in [0.2, 0.25) is 0 Å². The lowest BCUT2D eigenvalue weighted by Gasteiger charge is -2.05. The number of rotatable bonds is 1. The molecule has 50 valence electrons. The normalized spacial score (nSPS) is 11.9. The third kappa shape index (κ3) is 1.38. The second-order valence-electron chi connectivity index (χ2n) is 1.42. The van der Waals surface area contributed by atoms with Gasteiger partial charge in [-0.3, -0.25) is 0 Å². The third-order valence-corrected chi connectivity index (χ3v) is 0.937. The predicted molar refractivity (Wildman–Crippen MR) is 28.3 cm³/mol. The number of nitrogens with zero attached hydrogens (tertiary/aromatic N) is 2. The summed E-state index contributed by atoms with van der Waals surface area (Å²) in [6, 6.07) is 1.37. The van der Waals surface area contributed by atoms with Crippen LogP contribution >= 0.6 is 11.6 Å². The maximum absolute atomic E-state index is 12.0. The van der Waals surface area contributed by atoms with E-state index in [4.69, 9.17) is 0 Å². The lowest BCUT2D eigenvalue weighted by atomic mass is 10.8. The molecule has 0 aliphatic carbocycles. The van der Waals surface area contributed by atoms with Crippen LogP contribution in [-0.4, -0.2) is 9.78 Å². The molecule has 0 radical (unpaired) electrons. The van der Waals surface area contributed by atoms with Crippen LogP contribution in [0.1, 0.15) is 0 Å². The summed E-state index contributed by atoms with van der Waals surface area (Å²) in [6.07, 6.45) is 2.32. The molecule has 0 aliphatic heterocycles. The van der Waals surface area contributed by atoms with Crippen LogP contribution in [0.5, 0.6) is 0 Å². The van der Waals surface area contributed by atoms with Gasteiger partial charge in [0.15, 0.2) is 0 Å². The average Bonchev–Trinajstić information content (AvgIpc) is 2.08. The Morgan fingerprint density at radius 1 is 1.56 bits per heavy atom. The molecule has 0 N–H and O–H groups in total. The van der Waals surface area contributed by atoms with E-state index in [-0.39, 0.29) is 0 Å². The quantitative estimate of drug-likeness (QED) is 0.560. The van der Waals surface area contributed by atoms with Gasteiger partial charge < -0.3 is 0 Å². The Bertz CT molecular complexity index is 179. The molecular weight excluding hydrogens is 150 g/mol. The predicted octanol–water partition coefficient (Wildman–Crippen LogP) is 1.63. The summed E-state index contributed by atoms with van der Waals surface area (Å²) in [5, 5.41) is 3.22. The molecule has 0 aromatic carbocycles. The number of hydrogen-bond donors (Lipinski definition) is 0. The zero-order valence-corrected chi connectivity index (χ0v) is 5.02. The number of aromatic nitrogens is 2. The van der Waals surface area contributed by atoms with Crippen molar-refractivity contribution in [3.8, 4) is 0 Å². The van der Waals surface area contributed by atoms with Crippen LogP contribution < -0.4 is 0 Å². The molecular formula is C4H3ClF2N2. The van der Waals surface area contributed by atoms with Gasteiger partial charge in [-0.15, -0.1) is 0 Å². The van der Waals surface area contributed by atoms with Gasteiger partial charge in [-0.1, -0.05) is 0 Å². The summed E-state index contributed by atoms with van der Waals surface area (Å²) < 4.78 is 24.3. The van der Waals surface area contributed by atoms with Crippen LogP contribution in [-0.2, 0) is 5.51 Å². The first-order valence-electron chi connectivity index (χ1n) is 2.17.